The van der Waals surface area contributed by atoms with Gasteiger partial charge in [-0.3, -0.25) is 47.9 Å². The van der Waals surface area contributed by atoms with E-state index in [9.17, 15) is 68.1 Å². The Morgan fingerprint density at radius 2 is 1.00 bits per heavy atom. The van der Waals surface area contributed by atoms with Gasteiger partial charge in [0.15, 0.2) is 0 Å². The fraction of sp³-hybridized carbons (Fsp3) is 0.731. The Balaban J connectivity index is 3.35. The minimum atomic E-state index is -1.81. The number of aliphatic hydroxyl groups is 2. The summed E-state index contributed by atoms with van der Waals surface area (Å²) in [6.07, 6.45) is 9.77. The van der Waals surface area contributed by atoms with Crippen molar-refractivity contribution in [3.8, 4) is 0 Å². The van der Waals surface area contributed by atoms with Crippen LogP contribution in [0, 0.1) is 11.8 Å². The van der Waals surface area contributed by atoms with Crippen LogP contribution in [0.15, 0.2) is 12.5 Å². The number of hydrogen-bond acceptors (Lipinski definition) is 15. The van der Waals surface area contributed by atoms with Crippen LogP contribution in [-0.4, -0.2) is 158 Å². The van der Waals surface area contributed by atoms with Crippen LogP contribution in [0.4, 0.5) is 0 Å². The van der Waals surface area contributed by atoms with Gasteiger partial charge in [-0.25, -0.2) is 9.78 Å². The lowest BCUT2D eigenvalue weighted by molar-refractivity contribution is -0.143. The van der Waals surface area contributed by atoms with E-state index >= 15 is 0 Å². The van der Waals surface area contributed by atoms with Gasteiger partial charge in [-0.2, -0.15) is 0 Å². The number of amides is 10. The number of imidazole rings is 1. The van der Waals surface area contributed by atoms with Crippen LogP contribution in [0.5, 0.6) is 0 Å². The number of aliphatic carboxylic acids is 1. The van der Waals surface area contributed by atoms with E-state index in [4.69, 9.17) is 17.2 Å². The number of aliphatic hydroxyl groups excluding tert-OH is 2. The van der Waals surface area contributed by atoms with Crippen LogP contribution in [0.1, 0.15) is 163 Å². The minimum Gasteiger partial charge on any atom is -0.480 e. The van der Waals surface area contributed by atoms with Crippen LogP contribution in [0.3, 0.4) is 0 Å². The highest BCUT2D eigenvalue weighted by Crippen LogP contribution is 2.14. The van der Waals surface area contributed by atoms with Gasteiger partial charge in [-0.15, -0.1) is 0 Å². The van der Waals surface area contributed by atoms with Crippen molar-refractivity contribution in [1.29, 1.82) is 0 Å². The molecule has 0 aliphatic carbocycles. The quantitative estimate of drug-likeness (QED) is 0.0334. The summed E-state index contributed by atoms with van der Waals surface area (Å²) >= 11 is 0. The number of unbranched alkanes of at least 4 members (excludes halogenated alkanes) is 9. The molecule has 1 heterocycles. The van der Waals surface area contributed by atoms with Gasteiger partial charge in [-0.1, -0.05) is 92.4 Å². The number of H-pyrrole nitrogens is 1. The largest absolute Gasteiger partial charge is 0.480 e. The summed E-state index contributed by atoms with van der Waals surface area (Å²) in [6, 6.07) is -12.1. The van der Waals surface area contributed by atoms with E-state index < -0.39 is 151 Å². The van der Waals surface area contributed by atoms with Crippen LogP contribution >= 0.6 is 0 Å². The van der Waals surface area contributed by atoms with Crippen molar-refractivity contribution >= 4 is 65.0 Å². The molecule has 10 amide bonds. The summed E-state index contributed by atoms with van der Waals surface area (Å²) in [6.45, 7) is 8.95. The number of carbonyl (C=O) groups is 11. The molecule has 2 unspecified atom stereocenters. The summed E-state index contributed by atoms with van der Waals surface area (Å²) in [7, 11) is 0. The molecule has 18 N–H and O–H groups in total. The highest BCUT2D eigenvalue weighted by Gasteiger charge is 2.37. The Morgan fingerprint density at radius 1 is 0.544 bits per heavy atom. The molecule has 0 bridgehead atoms. The van der Waals surface area contributed by atoms with E-state index in [1.807, 2.05) is 0 Å². The zero-order chi connectivity index (χ0) is 59.6. The summed E-state index contributed by atoms with van der Waals surface area (Å²) in [5, 5.41) is 50.5. The Labute approximate surface area is 462 Å². The van der Waals surface area contributed by atoms with Crippen LogP contribution in [0.25, 0.3) is 0 Å². The molecule has 0 radical (unpaired) electrons. The summed E-state index contributed by atoms with van der Waals surface area (Å²) < 4.78 is 0. The predicted molar refractivity (Wildman–Crippen MR) is 290 cm³/mol. The molecular formula is C52H91N13O14. The molecule has 1 aromatic rings. The molecule has 0 saturated carbocycles. The van der Waals surface area contributed by atoms with E-state index in [1.165, 1.54) is 32.3 Å². The second-order valence-electron chi connectivity index (χ2n) is 20.4. The number of carboxylic acids is 1. The Bertz CT molecular complexity index is 2090. The Kier molecular flexibility index (Phi) is 34.5. The summed E-state index contributed by atoms with van der Waals surface area (Å²) in [5.41, 5.74) is 16.7. The summed E-state index contributed by atoms with van der Waals surface area (Å²) in [4.78, 5) is 152. The van der Waals surface area contributed by atoms with E-state index in [0.29, 0.717) is 19.3 Å². The zero-order valence-electron chi connectivity index (χ0n) is 46.9. The van der Waals surface area contributed by atoms with Gasteiger partial charge < -0.3 is 80.0 Å². The van der Waals surface area contributed by atoms with E-state index in [2.05, 4.69) is 59.4 Å². The molecule has 0 aromatic carbocycles. The van der Waals surface area contributed by atoms with Crippen molar-refractivity contribution in [3.63, 3.8) is 0 Å². The van der Waals surface area contributed by atoms with Crippen LogP contribution < -0.4 is 59.7 Å². The molecule has 10 atom stereocenters. The number of nitrogens with one attached hydrogen (secondary N) is 9. The van der Waals surface area contributed by atoms with Gasteiger partial charge in [0.1, 0.15) is 48.3 Å². The molecule has 27 heteroatoms. The van der Waals surface area contributed by atoms with Gasteiger partial charge in [0, 0.05) is 31.9 Å². The first-order chi connectivity index (χ1) is 37.4. The number of nitrogens with zero attached hydrogens (tertiary/aromatic N) is 1. The molecule has 1 aromatic heterocycles. The number of aromatic amines is 1. The third-order valence-corrected chi connectivity index (χ3v) is 13.2. The second kappa shape index (κ2) is 38.8. The van der Waals surface area contributed by atoms with Crippen molar-refractivity contribution < 1.29 is 68.1 Å². The van der Waals surface area contributed by atoms with Gasteiger partial charge in [-0.05, 0) is 63.8 Å². The Morgan fingerprint density at radius 3 is 1.49 bits per heavy atom. The lowest BCUT2D eigenvalue weighted by Gasteiger charge is -2.30. The molecule has 0 aliphatic rings. The second-order valence-corrected chi connectivity index (χ2v) is 20.4. The molecule has 0 saturated heterocycles. The molecule has 0 aliphatic heterocycles. The van der Waals surface area contributed by atoms with E-state index in [-0.39, 0.29) is 50.8 Å². The number of primary amides is 2. The first kappa shape index (κ1) is 70.3. The lowest BCUT2D eigenvalue weighted by Crippen LogP contribution is -2.63. The van der Waals surface area contributed by atoms with Crippen molar-refractivity contribution in [1.82, 2.24) is 52.5 Å². The topological polar surface area (TPSA) is 451 Å². The van der Waals surface area contributed by atoms with Crippen molar-refractivity contribution in [2.45, 2.75) is 218 Å². The number of carbonyl (C=O) groups excluding carboxylic acids is 10. The first-order valence-corrected chi connectivity index (χ1v) is 27.6. The zero-order valence-corrected chi connectivity index (χ0v) is 46.9. The minimum absolute atomic E-state index is 0.0210. The summed E-state index contributed by atoms with van der Waals surface area (Å²) in [5.74, 6) is -11.5. The maximum Gasteiger partial charge on any atom is 0.326 e. The monoisotopic (exact) mass is 1120 g/mol. The molecule has 1 rings (SSSR count). The molecule has 27 nitrogen and oxygen atoms in total. The third-order valence-electron chi connectivity index (χ3n) is 13.2. The van der Waals surface area contributed by atoms with Crippen molar-refractivity contribution in [2.24, 2.45) is 29.0 Å². The average molecular weight is 1120 g/mol. The Hall–Kier alpha value is -6.74. The molecule has 0 spiro atoms. The third kappa shape index (κ3) is 28.1. The number of carboxylic acid groups (broad SMARTS) is 1. The predicted octanol–water partition coefficient (Wildman–Crippen LogP) is -1.43. The smallest absolute Gasteiger partial charge is 0.326 e. The normalized spacial score (nSPS) is 15.0. The molecular weight excluding hydrogens is 1030 g/mol. The molecule has 79 heavy (non-hydrogen) atoms. The fourth-order valence-electron chi connectivity index (χ4n) is 8.20. The molecule has 0 fully saturated rings. The van der Waals surface area contributed by atoms with Gasteiger partial charge in [0.2, 0.25) is 59.1 Å². The van der Waals surface area contributed by atoms with Gasteiger partial charge in [0.05, 0.1) is 24.7 Å². The standard InChI is InChI=1S/C52H91N13O14/c1-7-9-10-11-12-13-14-15-16-20-41(70)58-35(21-23-39(54)68)45(71)61-37(26-33-27-56-29-57-33)48(74)62-38(28-66)49(75)59-36(22-24-40(55)69)47(73)64-43(31(5)8-2)50(76)65-44(32(6)67)51(77)60-34(19-17-18-25-53)46(72)63-42(30(3)4)52(78)79/h27,29-32,34-38,42-44,66-67H,7-26,28,53H2,1-6H3,(H2,54,68)(H2,55,69)(H,56,57)(H,58,70)(H,59,75)(H,60,77)(H,61,71)(H,62,74)(H,63,72)(H,64,73)(H,65,76)(H,78,79)/t31-,32?,34-,35-,36+,37+,38-,42+,43?,44+/m0/s1. The highest BCUT2D eigenvalue weighted by atomic mass is 16.4. The van der Waals surface area contributed by atoms with Crippen LogP contribution in [-0.2, 0) is 59.2 Å². The van der Waals surface area contributed by atoms with Gasteiger partial charge in [0.25, 0.3) is 0 Å². The van der Waals surface area contributed by atoms with E-state index in [0.717, 1.165) is 38.5 Å². The average Bonchev–Trinajstić information content (AvgIpc) is 3.92. The SMILES string of the molecule is CCCCCCCCCCCC(=O)N[C@@H](CCC(N)=O)C(=O)N[C@H](Cc1c[nH]cn1)C(=O)N[C@@H](CO)C(=O)N[C@H](CCC(N)=O)C(=O)NC(C(=O)N[C@@H](C(=O)N[C@@H](CCCCN)C(=O)N[C@@H](C(=O)O)C(C)C)C(C)O)[C@@H](C)CC. The maximum atomic E-state index is 14.1. The number of aromatic nitrogens is 2. The number of rotatable bonds is 43. The van der Waals surface area contributed by atoms with Gasteiger partial charge >= 0.3 is 5.97 Å². The number of nitrogens with two attached hydrogens (primary N) is 3. The maximum absolute atomic E-state index is 14.1. The van der Waals surface area contributed by atoms with Crippen LogP contribution in [0.2, 0.25) is 0 Å². The lowest BCUT2D eigenvalue weighted by atomic mass is 9.96. The molecule has 448 valence electrons. The highest BCUT2D eigenvalue weighted by molar-refractivity contribution is 5.98. The van der Waals surface area contributed by atoms with E-state index in [1.54, 1.807) is 27.7 Å². The first-order valence-electron chi connectivity index (χ1n) is 27.6. The van der Waals surface area contributed by atoms with Crippen molar-refractivity contribution in [2.75, 3.05) is 13.2 Å². The number of hydrogen-bond donors (Lipinski definition) is 15. The fourth-order valence-corrected chi connectivity index (χ4v) is 8.20. The van der Waals surface area contributed by atoms with Crippen molar-refractivity contribution in [3.05, 3.63) is 18.2 Å².